The summed E-state index contributed by atoms with van der Waals surface area (Å²) in [5.41, 5.74) is -0.351. The van der Waals surface area contributed by atoms with Crippen molar-refractivity contribution in [2.24, 2.45) is 0 Å². The van der Waals surface area contributed by atoms with Crippen LogP contribution in [0.25, 0.3) is 0 Å². The Morgan fingerprint density at radius 2 is 2.13 bits per heavy atom. The van der Waals surface area contributed by atoms with Gasteiger partial charge in [0.25, 0.3) is 0 Å². The molecular formula is C10H15NO4. The van der Waals surface area contributed by atoms with Gasteiger partial charge in [-0.1, -0.05) is 0 Å². The zero-order chi connectivity index (χ0) is 11.6. The lowest BCUT2D eigenvalue weighted by Gasteiger charge is -2.22. The second-order valence-electron chi connectivity index (χ2n) is 4.43. The van der Waals surface area contributed by atoms with E-state index in [0.717, 1.165) is 0 Å². The molecule has 0 saturated heterocycles. The summed E-state index contributed by atoms with van der Waals surface area (Å²) >= 11 is 0. The van der Waals surface area contributed by atoms with E-state index in [2.05, 4.69) is 5.32 Å². The second kappa shape index (κ2) is 3.92. The summed E-state index contributed by atoms with van der Waals surface area (Å²) in [5, 5.41) is 11.4. The molecule has 1 aliphatic heterocycles. The second-order valence-corrected chi connectivity index (χ2v) is 4.43. The lowest BCUT2D eigenvalue weighted by atomic mass is 10.1. The maximum absolute atomic E-state index is 11.5. The van der Waals surface area contributed by atoms with Crippen LogP contribution in [0, 0.1) is 0 Å². The summed E-state index contributed by atoms with van der Waals surface area (Å²) < 4.78 is 5.12. The van der Waals surface area contributed by atoms with Crippen LogP contribution in [0.3, 0.4) is 0 Å². The third-order valence-corrected chi connectivity index (χ3v) is 1.85. The molecule has 5 heteroatoms. The van der Waals surface area contributed by atoms with Gasteiger partial charge in [0.1, 0.15) is 11.6 Å². The van der Waals surface area contributed by atoms with Crippen LogP contribution in [0.4, 0.5) is 0 Å². The molecule has 5 nitrogen and oxygen atoms in total. The maximum atomic E-state index is 11.5. The molecule has 0 aromatic rings. The Morgan fingerprint density at radius 3 is 2.53 bits per heavy atom. The Morgan fingerprint density at radius 1 is 1.53 bits per heavy atom. The summed E-state index contributed by atoms with van der Waals surface area (Å²) in [5.74, 6) is -1.43. The number of nitrogens with one attached hydrogen (secondary N) is 1. The van der Waals surface area contributed by atoms with Gasteiger partial charge in [0.2, 0.25) is 0 Å². The number of hydrogen-bond acceptors (Lipinski definition) is 4. The fraction of sp³-hybridized carbons (Fsp3) is 0.600. The van der Waals surface area contributed by atoms with Crippen LogP contribution in [0.5, 0.6) is 0 Å². The van der Waals surface area contributed by atoms with Crippen molar-refractivity contribution in [2.75, 3.05) is 0 Å². The van der Waals surface area contributed by atoms with Gasteiger partial charge >= 0.3 is 11.9 Å². The SMILES string of the molecule is CC(C)(C)OC(=O)[C@@H]1CC(C(=O)O)=CN1. The van der Waals surface area contributed by atoms with Crippen LogP contribution in [0.1, 0.15) is 27.2 Å². The quantitative estimate of drug-likeness (QED) is 0.659. The molecule has 1 atom stereocenters. The van der Waals surface area contributed by atoms with Crippen LogP contribution >= 0.6 is 0 Å². The van der Waals surface area contributed by atoms with E-state index in [1.165, 1.54) is 6.20 Å². The zero-order valence-electron chi connectivity index (χ0n) is 9.03. The molecule has 0 saturated carbocycles. The van der Waals surface area contributed by atoms with E-state index < -0.39 is 23.6 Å². The van der Waals surface area contributed by atoms with Crippen LogP contribution in [-0.4, -0.2) is 28.7 Å². The lowest BCUT2D eigenvalue weighted by molar-refractivity contribution is -0.156. The minimum atomic E-state index is -1.01. The molecule has 1 rings (SSSR count). The van der Waals surface area contributed by atoms with Crippen molar-refractivity contribution in [3.63, 3.8) is 0 Å². The molecule has 0 fully saturated rings. The molecule has 0 aromatic heterocycles. The molecule has 15 heavy (non-hydrogen) atoms. The van der Waals surface area contributed by atoms with Gasteiger partial charge in [-0.05, 0) is 20.8 Å². The average molecular weight is 213 g/mol. The monoisotopic (exact) mass is 213 g/mol. The summed E-state index contributed by atoms with van der Waals surface area (Å²) in [6.45, 7) is 5.31. The maximum Gasteiger partial charge on any atom is 0.333 e. The first-order valence-electron chi connectivity index (χ1n) is 4.71. The minimum absolute atomic E-state index is 0.171. The number of aliphatic carboxylic acids is 1. The van der Waals surface area contributed by atoms with Crippen molar-refractivity contribution in [3.05, 3.63) is 11.8 Å². The molecule has 0 amide bonds. The highest BCUT2D eigenvalue weighted by Gasteiger charge is 2.30. The fourth-order valence-electron chi connectivity index (χ4n) is 1.21. The highest BCUT2D eigenvalue weighted by atomic mass is 16.6. The van der Waals surface area contributed by atoms with Gasteiger partial charge in [-0.15, -0.1) is 0 Å². The minimum Gasteiger partial charge on any atom is -0.478 e. The Hall–Kier alpha value is -1.52. The first-order chi connectivity index (χ1) is 6.79. The van der Waals surface area contributed by atoms with Gasteiger partial charge in [0.15, 0.2) is 0 Å². The first-order valence-corrected chi connectivity index (χ1v) is 4.71. The van der Waals surface area contributed by atoms with E-state index in [1.807, 2.05) is 0 Å². The van der Waals surface area contributed by atoms with Crippen molar-refractivity contribution in [3.8, 4) is 0 Å². The molecule has 0 unspecified atom stereocenters. The molecule has 0 aromatic carbocycles. The van der Waals surface area contributed by atoms with Crippen molar-refractivity contribution < 1.29 is 19.4 Å². The molecule has 1 heterocycles. The van der Waals surface area contributed by atoms with E-state index in [0.29, 0.717) is 0 Å². The van der Waals surface area contributed by atoms with E-state index in [1.54, 1.807) is 20.8 Å². The smallest absolute Gasteiger partial charge is 0.333 e. The molecule has 0 radical (unpaired) electrons. The number of hydrogen-bond donors (Lipinski definition) is 2. The van der Waals surface area contributed by atoms with Crippen LogP contribution in [-0.2, 0) is 14.3 Å². The van der Waals surface area contributed by atoms with Gasteiger partial charge < -0.3 is 15.2 Å². The van der Waals surface area contributed by atoms with Gasteiger partial charge in [0, 0.05) is 12.6 Å². The van der Waals surface area contributed by atoms with Crippen molar-refractivity contribution in [2.45, 2.75) is 38.8 Å². The lowest BCUT2D eigenvalue weighted by Crippen LogP contribution is -2.36. The van der Waals surface area contributed by atoms with Gasteiger partial charge in [-0.2, -0.15) is 0 Å². The highest BCUT2D eigenvalue weighted by molar-refractivity contribution is 5.90. The number of carboxylic acid groups (broad SMARTS) is 1. The zero-order valence-corrected chi connectivity index (χ0v) is 9.03. The molecular weight excluding hydrogens is 198 g/mol. The number of esters is 1. The third kappa shape index (κ3) is 3.27. The standard InChI is InChI=1S/C10H15NO4/c1-10(2,3)15-9(14)7-4-6(5-11-7)8(12)13/h5,7,11H,4H2,1-3H3,(H,12,13)/t7-/m0/s1. The van der Waals surface area contributed by atoms with Gasteiger partial charge in [-0.3, -0.25) is 0 Å². The highest BCUT2D eigenvalue weighted by Crippen LogP contribution is 2.16. The summed E-state index contributed by atoms with van der Waals surface area (Å²) in [4.78, 5) is 22.1. The fourth-order valence-corrected chi connectivity index (χ4v) is 1.21. The van der Waals surface area contributed by atoms with Crippen molar-refractivity contribution >= 4 is 11.9 Å². The first kappa shape index (κ1) is 11.6. The topological polar surface area (TPSA) is 75.6 Å². The largest absolute Gasteiger partial charge is 0.478 e. The van der Waals surface area contributed by atoms with Gasteiger partial charge in [0.05, 0.1) is 5.57 Å². The Bertz CT molecular complexity index is 314. The number of carboxylic acids is 1. The summed E-state index contributed by atoms with van der Waals surface area (Å²) in [6, 6.07) is -0.574. The van der Waals surface area contributed by atoms with E-state index in [9.17, 15) is 9.59 Å². The van der Waals surface area contributed by atoms with Crippen molar-refractivity contribution in [1.82, 2.24) is 5.32 Å². The molecule has 0 spiro atoms. The summed E-state index contributed by atoms with van der Waals surface area (Å²) in [6.07, 6.45) is 1.52. The molecule has 0 aliphatic carbocycles. The van der Waals surface area contributed by atoms with Crippen LogP contribution in [0.15, 0.2) is 11.8 Å². The molecule has 2 N–H and O–H groups in total. The Balaban J connectivity index is 2.50. The molecule has 0 bridgehead atoms. The van der Waals surface area contributed by atoms with Crippen LogP contribution < -0.4 is 5.32 Å². The normalized spacial score (nSPS) is 20.5. The van der Waals surface area contributed by atoms with Gasteiger partial charge in [-0.25, -0.2) is 9.59 Å². The predicted octanol–water partition coefficient (Wildman–Crippen LogP) is 0.658. The van der Waals surface area contributed by atoms with Crippen molar-refractivity contribution in [1.29, 1.82) is 0 Å². The van der Waals surface area contributed by atoms with E-state index >= 15 is 0 Å². The predicted molar refractivity (Wildman–Crippen MR) is 53.1 cm³/mol. The number of ether oxygens (including phenoxy) is 1. The summed E-state index contributed by atoms with van der Waals surface area (Å²) in [7, 11) is 0. The third-order valence-electron chi connectivity index (χ3n) is 1.85. The average Bonchev–Trinajstić information content (AvgIpc) is 2.47. The van der Waals surface area contributed by atoms with Crippen LogP contribution in [0.2, 0.25) is 0 Å². The van der Waals surface area contributed by atoms with E-state index in [-0.39, 0.29) is 12.0 Å². The number of rotatable bonds is 2. The number of carbonyl (C=O) groups is 2. The molecule has 84 valence electrons. The molecule has 1 aliphatic rings. The Kier molecular flexibility index (Phi) is 3.02. The Labute approximate surface area is 88.1 Å². The number of carbonyl (C=O) groups excluding carboxylic acids is 1. The van der Waals surface area contributed by atoms with E-state index in [4.69, 9.17) is 9.84 Å².